The second-order valence-corrected chi connectivity index (χ2v) is 9.11. The van der Waals surface area contributed by atoms with Gasteiger partial charge in [-0.25, -0.2) is 0 Å². The van der Waals surface area contributed by atoms with Crippen LogP contribution in [0.25, 0.3) is 0 Å². The van der Waals surface area contributed by atoms with Crippen molar-refractivity contribution in [2.45, 2.75) is 45.1 Å². The minimum atomic E-state index is -0.522. The number of esters is 1. The SMILES string of the molecule is CC(C)(C)OC(=O)[C@@H]1C[C@H](C(=O)c2ccccc2)[C@@H](c2ccc(Br)cc2)C1. The Balaban J connectivity index is 1.88. The monoisotopic (exact) mass is 428 g/mol. The molecule has 2 aromatic rings. The summed E-state index contributed by atoms with van der Waals surface area (Å²) in [6, 6.07) is 17.4. The van der Waals surface area contributed by atoms with E-state index in [4.69, 9.17) is 4.74 Å². The van der Waals surface area contributed by atoms with Crippen molar-refractivity contribution in [3.63, 3.8) is 0 Å². The van der Waals surface area contributed by atoms with E-state index in [1.165, 1.54) is 0 Å². The standard InChI is InChI=1S/C23H25BrO3/c1-23(2,3)27-22(26)17-13-19(15-9-11-18(24)12-10-15)20(14-17)21(25)16-7-5-4-6-8-16/h4-12,17,19-20H,13-14H2,1-3H3/t17-,19+,20-/m0/s1. The fraction of sp³-hybridized carbons (Fsp3) is 0.391. The molecule has 0 spiro atoms. The molecule has 0 radical (unpaired) electrons. The molecule has 0 unspecified atom stereocenters. The minimum Gasteiger partial charge on any atom is -0.460 e. The van der Waals surface area contributed by atoms with E-state index in [0.717, 1.165) is 10.0 Å². The lowest BCUT2D eigenvalue weighted by atomic mass is 9.84. The third-order valence-electron chi connectivity index (χ3n) is 5.00. The maximum absolute atomic E-state index is 13.2. The zero-order chi connectivity index (χ0) is 19.6. The number of hydrogen-bond donors (Lipinski definition) is 0. The average Bonchev–Trinajstić information content (AvgIpc) is 3.06. The molecule has 4 heteroatoms. The molecule has 27 heavy (non-hydrogen) atoms. The lowest BCUT2D eigenvalue weighted by molar-refractivity contribution is -0.159. The second kappa shape index (κ2) is 7.97. The van der Waals surface area contributed by atoms with Gasteiger partial charge < -0.3 is 4.74 Å². The van der Waals surface area contributed by atoms with Gasteiger partial charge in [-0.15, -0.1) is 0 Å². The van der Waals surface area contributed by atoms with Crippen molar-refractivity contribution in [1.29, 1.82) is 0 Å². The van der Waals surface area contributed by atoms with E-state index in [9.17, 15) is 9.59 Å². The molecule has 3 atom stereocenters. The Morgan fingerprint density at radius 1 is 0.963 bits per heavy atom. The van der Waals surface area contributed by atoms with Gasteiger partial charge in [-0.05, 0) is 57.2 Å². The molecule has 3 nitrogen and oxygen atoms in total. The van der Waals surface area contributed by atoms with Crippen molar-refractivity contribution in [3.05, 3.63) is 70.2 Å². The topological polar surface area (TPSA) is 43.4 Å². The Hall–Kier alpha value is -1.94. The molecule has 0 aliphatic heterocycles. The Labute approximate surface area is 169 Å². The number of carbonyl (C=O) groups is 2. The van der Waals surface area contributed by atoms with Crippen molar-refractivity contribution in [1.82, 2.24) is 0 Å². The summed E-state index contributed by atoms with van der Waals surface area (Å²) < 4.78 is 6.60. The quantitative estimate of drug-likeness (QED) is 0.457. The van der Waals surface area contributed by atoms with Crippen LogP contribution in [0.2, 0.25) is 0 Å². The lowest BCUT2D eigenvalue weighted by Crippen LogP contribution is -2.28. The largest absolute Gasteiger partial charge is 0.460 e. The van der Waals surface area contributed by atoms with Gasteiger partial charge in [0.25, 0.3) is 0 Å². The van der Waals surface area contributed by atoms with Gasteiger partial charge in [-0.3, -0.25) is 9.59 Å². The second-order valence-electron chi connectivity index (χ2n) is 8.20. The zero-order valence-electron chi connectivity index (χ0n) is 15.9. The Bertz CT molecular complexity index is 806. The number of halogens is 1. The van der Waals surface area contributed by atoms with Crippen LogP contribution < -0.4 is 0 Å². The van der Waals surface area contributed by atoms with Gasteiger partial charge in [0.2, 0.25) is 0 Å². The molecule has 1 fully saturated rings. The fourth-order valence-corrected chi connectivity index (χ4v) is 4.06. The van der Waals surface area contributed by atoms with Crippen molar-refractivity contribution in [2.75, 3.05) is 0 Å². The molecule has 3 rings (SSSR count). The predicted octanol–water partition coefficient (Wildman–Crippen LogP) is 5.78. The number of carbonyl (C=O) groups excluding carboxylic acids is 2. The number of rotatable bonds is 4. The number of benzene rings is 2. The molecule has 142 valence electrons. The maximum atomic E-state index is 13.2. The summed E-state index contributed by atoms with van der Waals surface area (Å²) in [6.07, 6.45) is 1.17. The summed E-state index contributed by atoms with van der Waals surface area (Å²) in [7, 11) is 0. The van der Waals surface area contributed by atoms with Crippen molar-refractivity contribution in [3.8, 4) is 0 Å². The molecule has 0 aromatic heterocycles. The highest BCUT2D eigenvalue weighted by Gasteiger charge is 2.43. The fourth-order valence-electron chi connectivity index (χ4n) is 3.80. The number of Topliss-reactive ketones (excluding diaryl/α,β-unsaturated/α-hetero) is 1. The normalized spacial score (nSPS) is 22.4. The van der Waals surface area contributed by atoms with Crippen LogP contribution in [0.4, 0.5) is 0 Å². The molecule has 1 aliphatic rings. The van der Waals surface area contributed by atoms with E-state index in [-0.39, 0.29) is 29.5 Å². The van der Waals surface area contributed by atoms with E-state index in [0.29, 0.717) is 18.4 Å². The third kappa shape index (κ3) is 4.86. The van der Waals surface area contributed by atoms with Crippen molar-refractivity contribution in [2.24, 2.45) is 11.8 Å². The highest BCUT2D eigenvalue weighted by molar-refractivity contribution is 9.10. The first-order valence-electron chi connectivity index (χ1n) is 9.32. The molecule has 0 saturated heterocycles. The van der Waals surface area contributed by atoms with E-state index in [2.05, 4.69) is 15.9 Å². The van der Waals surface area contributed by atoms with E-state index < -0.39 is 5.60 Å². The van der Waals surface area contributed by atoms with Crippen LogP contribution in [0.3, 0.4) is 0 Å². The highest BCUT2D eigenvalue weighted by atomic mass is 79.9. The van der Waals surface area contributed by atoms with Crippen LogP contribution in [-0.2, 0) is 9.53 Å². The highest BCUT2D eigenvalue weighted by Crippen LogP contribution is 2.45. The molecular weight excluding hydrogens is 404 g/mol. The molecule has 1 saturated carbocycles. The van der Waals surface area contributed by atoms with E-state index >= 15 is 0 Å². The minimum absolute atomic E-state index is 0.0170. The molecule has 0 N–H and O–H groups in total. The van der Waals surface area contributed by atoms with Crippen LogP contribution in [0.15, 0.2) is 59.1 Å². The first-order valence-corrected chi connectivity index (χ1v) is 10.1. The summed E-state index contributed by atoms with van der Waals surface area (Å²) >= 11 is 3.46. The summed E-state index contributed by atoms with van der Waals surface area (Å²) in [5, 5.41) is 0. The maximum Gasteiger partial charge on any atom is 0.309 e. The van der Waals surface area contributed by atoms with Gasteiger partial charge in [-0.1, -0.05) is 58.4 Å². The van der Waals surface area contributed by atoms with Crippen LogP contribution in [0.5, 0.6) is 0 Å². The molecular formula is C23H25BrO3. The predicted molar refractivity (Wildman–Crippen MR) is 110 cm³/mol. The number of ether oxygens (including phenoxy) is 1. The molecule has 1 aliphatic carbocycles. The van der Waals surface area contributed by atoms with Gasteiger partial charge in [0, 0.05) is 16.0 Å². The van der Waals surface area contributed by atoms with Crippen LogP contribution in [-0.4, -0.2) is 17.4 Å². The summed E-state index contributed by atoms with van der Waals surface area (Å²) in [4.78, 5) is 25.8. The Morgan fingerprint density at radius 3 is 2.19 bits per heavy atom. The Kier molecular flexibility index (Phi) is 5.85. The van der Waals surface area contributed by atoms with E-state index in [1.807, 2.05) is 75.4 Å². The molecule has 0 heterocycles. The van der Waals surface area contributed by atoms with Crippen molar-refractivity contribution >= 4 is 27.7 Å². The van der Waals surface area contributed by atoms with Crippen LogP contribution in [0.1, 0.15) is 55.5 Å². The number of ketones is 1. The van der Waals surface area contributed by atoms with Gasteiger partial charge in [0.1, 0.15) is 5.60 Å². The van der Waals surface area contributed by atoms with Gasteiger partial charge in [-0.2, -0.15) is 0 Å². The summed E-state index contributed by atoms with van der Waals surface area (Å²) in [5.41, 5.74) is 1.28. The van der Waals surface area contributed by atoms with Gasteiger partial charge >= 0.3 is 5.97 Å². The average molecular weight is 429 g/mol. The zero-order valence-corrected chi connectivity index (χ0v) is 17.5. The first-order chi connectivity index (χ1) is 12.7. The smallest absolute Gasteiger partial charge is 0.309 e. The van der Waals surface area contributed by atoms with Crippen molar-refractivity contribution < 1.29 is 14.3 Å². The van der Waals surface area contributed by atoms with E-state index in [1.54, 1.807) is 0 Å². The summed E-state index contributed by atoms with van der Waals surface area (Å²) in [5.74, 6) is -0.549. The molecule has 0 amide bonds. The van der Waals surface area contributed by atoms with Crippen LogP contribution in [0, 0.1) is 11.8 Å². The van der Waals surface area contributed by atoms with Crippen LogP contribution >= 0.6 is 15.9 Å². The molecule has 0 bridgehead atoms. The number of hydrogen-bond acceptors (Lipinski definition) is 3. The first kappa shape index (κ1) is 19.8. The summed E-state index contributed by atoms with van der Waals surface area (Å²) in [6.45, 7) is 5.62. The Morgan fingerprint density at radius 2 is 1.59 bits per heavy atom. The van der Waals surface area contributed by atoms with Gasteiger partial charge in [0.15, 0.2) is 5.78 Å². The van der Waals surface area contributed by atoms with Gasteiger partial charge in [0.05, 0.1) is 5.92 Å². The molecule has 2 aromatic carbocycles. The lowest BCUT2D eigenvalue weighted by Gasteiger charge is -2.22. The third-order valence-corrected chi connectivity index (χ3v) is 5.52.